The van der Waals surface area contributed by atoms with Gasteiger partial charge in [0.1, 0.15) is 18.5 Å². The zero-order chi connectivity index (χ0) is 27.9. The third kappa shape index (κ3) is 6.77. The van der Waals surface area contributed by atoms with Crippen LogP contribution >= 0.6 is 0 Å². The average Bonchev–Trinajstić information content (AvgIpc) is 3.52. The number of nitrogens with zero attached hydrogens (tertiary/aromatic N) is 5. The van der Waals surface area contributed by atoms with Gasteiger partial charge in [-0.15, -0.1) is 0 Å². The first-order chi connectivity index (χ1) is 19.6. The summed E-state index contributed by atoms with van der Waals surface area (Å²) in [6, 6.07) is 15.2. The molecule has 5 rings (SSSR count). The lowest BCUT2D eigenvalue weighted by atomic mass is 10.0. The maximum Gasteiger partial charge on any atom is 0.318 e. The maximum atomic E-state index is 12.5. The second kappa shape index (κ2) is 14.0. The summed E-state index contributed by atoms with van der Waals surface area (Å²) < 4.78 is 6.12. The number of carbonyl (C=O) groups is 1. The molecule has 41 heavy (non-hydrogen) atoms. The van der Waals surface area contributed by atoms with Gasteiger partial charge in [0.15, 0.2) is 0 Å². The molecular weight excluding hydrogens is 514 g/mol. The van der Waals surface area contributed by atoms with Crippen molar-refractivity contribution < 1.29 is 9.53 Å². The highest BCUT2D eigenvalue weighted by molar-refractivity contribution is 5.94. The summed E-state index contributed by atoms with van der Waals surface area (Å²) in [6.07, 6.45) is 4.29. The fourth-order valence-corrected chi connectivity index (χ4v) is 5.69. The van der Waals surface area contributed by atoms with Gasteiger partial charge in [-0.05, 0) is 50.3 Å². The second-order valence-corrected chi connectivity index (χ2v) is 10.3. The molecule has 3 heterocycles. The third-order valence-corrected chi connectivity index (χ3v) is 7.77. The smallest absolute Gasteiger partial charge is 0.318 e. The van der Waals surface area contributed by atoms with Crippen LogP contribution in [-0.4, -0.2) is 72.2 Å². The number of likely N-dealkylation sites (N-methyl/N-ethyl adjacent to an activating group) is 1. The molecular formula is C32H41N7O2. The van der Waals surface area contributed by atoms with Crippen molar-refractivity contribution in [1.82, 2.24) is 20.2 Å². The van der Waals surface area contributed by atoms with Crippen molar-refractivity contribution >= 4 is 28.2 Å². The normalized spacial score (nSPS) is 16.7. The van der Waals surface area contributed by atoms with Gasteiger partial charge >= 0.3 is 6.01 Å². The van der Waals surface area contributed by atoms with Crippen molar-refractivity contribution in [1.29, 1.82) is 0 Å². The van der Waals surface area contributed by atoms with E-state index in [0.29, 0.717) is 44.1 Å². The number of aromatic nitrogens is 2. The Balaban J connectivity index is 0.00000387. The number of benzene rings is 2. The molecule has 2 N–H and O–H groups in total. The number of carbonyl (C=O) groups excluding carboxylic acids is 1. The molecule has 9 heteroatoms. The minimum absolute atomic E-state index is 0. The molecule has 2 atom stereocenters. The van der Waals surface area contributed by atoms with Gasteiger partial charge < -0.3 is 30.0 Å². The molecule has 3 aromatic rings. The highest BCUT2D eigenvalue weighted by Gasteiger charge is 2.27. The molecule has 1 aromatic heterocycles. The molecule has 2 aliphatic heterocycles. The van der Waals surface area contributed by atoms with E-state index in [1.54, 1.807) is 4.90 Å². The summed E-state index contributed by atoms with van der Waals surface area (Å²) in [5.74, 6) is 0.538. The first kappa shape index (κ1) is 29.8. The van der Waals surface area contributed by atoms with E-state index in [9.17, 15) is 4.79 Å². The fourth-order valence-electron chi connectivity index (χ4n) is 5.69. The van der Waals surface area contributed by atoms with Crippen molar-refractivity contribution in [3.8, 4) is 6.01 Å². The molecule has 1 fully saturated rings. The minimum Gasteiger partial charge on any atom is -0.462 e. The van der Waals surface area contributed by atoms with Gasteiger partial charge in [0.2, 0.25) is 12.5 Å². The van der Waals surface area contributed by atoms with Gasteiger partial charge in [-0.2, -0.15) is 9.97 Å². The lowest BCUT2D eigenvalue weighted by Gasteiger charge is -2.32. The van der Waals surface area contributed by atoms with Crippen molar-refractivity contribution in [2.24, 2.45) is 0 Å². The minimum atomic E-state index is -0.304. The summed E-state index contributed by atoms with van der Waals surface area (Å²) in [7, 11) is 0. The van der Waals surface area contributed by atoms with Gasteiger partial charge in [-0.25, -0.2) is 6.57 Å². The van der Waals surface area contributed by atoms with E-state index >= 15 is 0 Å². The van der Waals surface area contributed by atoms with Crippen LogP contribution in [0.15, 0.2) is 55.1 Å². The summed E-state index contributed by atoms with van der Waals surface area (Å²) in [4.78, 5) is 29.8. The molecule has 216 valence electrons. The van der Waals surface area contributed by atoms with Crippen molar-refractivity contribution in [2.75, 3.05) is 49.5 Å². The van der Waals surface area contributed by atoms with Gasteiger partial charge in [0.05, 0.1) is 12.2 Å². The van der Waals surface area contributed by atoms with Crippen molar-refractivity contribution in [3.63, 3.8) is 0 Å². The fraction of sp³-hybridized carbons (Fsp3) is 0.438. The number of ether oxygens (including phenoxy) is 1. The molecule has 1 saturated heterocycles. The van der Waals surface area contributed by atoms with Crippen molar-refractivity contribution in [2.45, 2.75) is 52.2 Å². The van der Waals surface area contributed by atoms with E-state index in [4.69, 9.17) is 21.3 Å². The Morgan fingerprint density at radius 2 is 2.15 bits per heavy atom. The molecule has 2 aromatic carbocycles. The lowest BCUT2D eigenvalue weighted by Crippen LogP contribution is -2.45. The third-order valence-electron chi connectivity index (χ3n) is 7.77. The van der Waals surface area contributed by atoms with Crippen LogP contribution in [0.2, 0.25) is 0 Å². The number of rotatable bonds is 11. The summed E-state index contributed by atoms with van der Waals surface area (Å²) in [6.45, 7) is 17.1. The van der Waals surface area contributed by atoms with Crippen LogP contribution < -0.4 is 20.3 Å². The first-order valence-electron chi connectivity index (χ1n) is 14.1. The van der Waals surface area contributed by atoms with Crippen LogP contribution in [0.4, 0.5) is 11.5 Å². The highest BCUT2D eigenvalue weighted by Crippen LogP contribution is 2.33. The summed E-state index contributed by atoms with van der Waals surface area (Å²) in [5.41, 5.74) is 3.18. The van der Waals surface area contributed by atoms with Crippen LogP contribution in [0.25, 0.3) is 15.6 Å². The van der Waals surface area contributed by atoms with E-state index in [1.807, 2.05) is 6.92 Å². The Hall–Kier alpha value is -4.16. The number of hydrogen-bond donors (Lipinski definition) is 2. The van der Waals surface area contributed by atoms with Crippen LogP contribution in [0, 0.1) is 6.57 Å². The standard InChI is InChI=1S/C31H37N7O2.CH4/c1-4-29(39)38(5-2)24(18-32-3)19-34-30-26-15-17-37(28-14-8-11-22-10-6-7-13-25(22)28)20-27(26)35-31(36-30)40-21-23-12-9-16-33-23;/h4,6-8,10-11,13-14,23-24,33H,1,5,9,12,15-21H2,2H3,(H,34,35,36);1H4/t23-,24-;/m0./s1. The molecule has 1 amide bonds. The summed E-state index contributed by atoms with van der Waals surface area (Å²) in [5, 5.41) is 9.36. The van der Waals surface area contributed by atoms with E-state index in [1.165, 1.54) is 22.5 Å². The predicted octanol–water partition coefficient (Wildman–Crippen LogP) is 4.69. The SMILES string of the molecule is C.[C-]#[N+]C[C@@H](CNc1nc(OC[C@@H]2CCCN2)nc2c1CCN(c1cccc3ccccc13)C2)N(CC)C(=O)C=C. The Morgan fingerprint density at radius 1 is 1.32 bits per heavy atom. The molecule has 0 aliphatic carbocycles. The van der Waals surface area contributed by atoms with Crippen LogP contribution in [0.1, 0.15) is 38.4 Å². The zero-order valence-electron chi connectivity index (χ0n) is 23.1. The molecule has 0 unspecified atom stereocenters. The van der Waals surface area contributed by atoms with E-state index in [0.717, 1.165) is 43.6 Å². The zero-order valence-corrected chi connectivity index (χ0v) is 23.1. The Labute approximate surface area is 243 Å². The molecule has 0 radical (unpaired) electrons. The Kier molecular flexibility index (Phi) is 10.1. The van der Waals surface area contributed by atoms with Crippen LogP contribution in [0.5, 0.6) is 6.01 Å². The Bertz CT molecular complexity index is 1390. The molecule has 0 spiro atoms. The Morgan fingerprint density at radius 3 is 2.90 bits per heavy atom. The molecule has 2 aliphatic rings. The van der Waals surface area contributed by atoms with Gasteiger partial charge in [0, 0.05) is 42.3 Å². The number of nitrogens with one attached hydrogen (secondary N) is 2. The van der Waals surface area contributed by atoms with E-state index < -0.39 is 0 Å². The monoisotopic (exact) mass is 555 g/mol. The van der Waals surface area contributed by atoms with E-state index in [2.05, 4.69) is 69.4 Å². The first-order valence-corrected chi connectivity index (χ1v) is 14.1. The number of anilines is 2. The quantitative estimate of drug-likeness (QED) is 0.262. The van der Waals surface area contributed by atoms with Crippen LogP contribution in [0.3, 0.4) is 0 Å². The molecule has 9 nitrogen and oxygen atoms in total. The largest absolute Gasteiger partial charge is 0.462 e. The number of fused-ring (bicyclic) bond motifs is 2. The highest BCUT2D eigenvalue weighted by atomic mass is 16.5. The number of amides is 1. The van der Waals surface area contributed by atoms with Gasteiger partial charge in [0.25, 0.3) is 0 Å². The molecule has 0 saturated carbocycles. The average molecular weight is 556 g/mol. The molecule has 0 bridgehead atoms. The summed E-state index contributed by atoms with van der Waals surface area (Å²) >= 11 is 0. The van der Waals surface area contributed by atoms with Gasteiger partial charge in [-0.1, -0.05) is 50.4 Å². The van der Waals surface area contributed by atoms with Gasteiger partial charge in [-0.3, -0.25) is 4.79 Å². The topological polar surface area (TPSA) is 87.0 Å². The lowest BCUT2D eigenvalue weighted by molar-refractivity contribution is -0.127. The maximum absolute atomic E-state index is 12.5. The number of hydrogen-bond acceptors (Lipinski definition) is 7. The van der Waals surface area contributed by atoms with E-state index in [-0.39, 0.29) is 25.9 Å². The predicted molar refractivity (Wildman–Crippen MR) is 165 cm³/mol. The van der Waals surface area contributed by atoms with Crippen molar-refractivity contribution in [3.05, 3.63) is 77.8 Å². The van der Waals surface area contributed by atoms with Crippen LogP contribution in [-0.2, 0) is 17.8 Å². The second-order valence-electron chi connectivity index (χ2n) is 10.3.